The predicted octanol–water partition coefficient (Wildman–Crippen LogP) is 4.68. The first kappa shape index (κ1) is 20.7. The second-order valence-electron chi connectivity index (χ2n) is 7.10. The largest absolute Gasteiger partial charge is 0.322 e. The summed E-state index contributed by atoms with van der Waals surface area (Å²) in [6.07, 6.45) is 1.53. The van der Waals surface area contributed by atoms with Crippen LogP contribution >= 0.6 is 11.6 Å². The first-order valence-electron chi connectivity index (χ1n) is 9.55. The van der Waals surface area contributed by atoms with Gasteiger partial charge in [-0.1, -0.05) is 41.4 Å². The molecule has 1 N–H and O–H groups in total. The van der Waals surface area contributed by atoms with Crippen LogP contribution < -0.4 is 10.2 Å². The molecule has 2 aromatic carbocycles. The summed E-state index contributed by atoms with van der Waals surface area (Å²) in [4.78, 5) is 35.8. The molecule has 156 valence electrons. The molecule has 0 spiro atoms. The Bertz CT molecular complexity index is 1190. The zero-order chi connectivity index (χ0) is 22.0. The van der Waals surface area contributed by atoms with Crippen LogP contribution in [0.3, 0.4) is 0 Å². The van der Waals surface area contributed by atoms with Gasteiger partial charge in [-0.2, -0.15) is 0 Å². The van der Waals surface area contributed by atoms with Crippen LogP contribution in [-0.2, 0) is 9.59 Å². The standard InChI is InChI=1S/C23H18ClFN4O2/c1-14-4-6-15(7-5-14)20-12-22(31)29(23-19(27-20)3-2-10-26-23)13-21(30)28-18-9-8-16(24)11-17(18)25/h2-11H,12-13H2,1H3,(H,28,30). The molecular weight excluding hydrogens is 419 g/mol. The Hall–Kier alpha value is -3.58. The lowest BCUT2D eigenvalue weighted by Gasteiger charge is -2.20. The minimum absolute atomic E-state index is 0.00199. The van der Waals surface area contributed by atoms with Gasteiger partial charge in [0, 0.05) is 11.2 Å². The van der Waals surface area contributed by atoms with Crippen molar-refractivity contribution >= 4 is 46.3 Å². The van der Waals surface area contributed by atoms with E-state index in [9.17, 15) is 14.0 Å². The molecule has 4 rings (SSSR count). The molecule has 1 aliphatic rings. The third-order valence-corrected chi connectivity index (χ3v) is 5.02. The molecule has 6 nitrogen and oxygen atoms in total. The maximum atomic E-state index is 14.0. The van der Waals surface area contributed by atoms with E-state index in [4.69, 9.17) is 11.6 Å². The van der Waals surface area contributed by atoms with Crippen molar-refractivity contribution in [3.8, 4) is 0 Å². The van der Waals surface area contributed by atoms with Crippen molar-refractivity contribution in [3.05, 3.63) is 82.8 Å². The van der Waals surface area contributed by atoms with Gasteiger partial charge in [0.25, 0.3) is 0 Å². The molecule has 0 unspecified atom stereocenters. The van der Waals surface area contributed by atoms with Crippen molar-refractivity contribution in [1.29, 1.82) is 0 Å². The van der Waals surface area contributed by atoms with Gasteiger partial charge in [-0.15, -0.1) is 0 Å². The molecule has 1 aromatic heterocycles. The molecule has 0 atom stereocenters. The van der Waals surface area contributed by atoms with Crippen LogP contribution in [0.25, 0.3) is 0 Å². The molecule has 3 aromatic rings. The Kier molecular flexibility index (Phi) is 5.77. The number of aryl methyl sites for hydroxylation is 1. The lowest BCUT2D eigenvalue weighted by Crippen LogP contribution is -2.39. The second kappa shape index (κ2) is 8.65. The van der Waals surface area contributed by atoms with Crippen LogP contribution in [0.1, 0.15) is 17.5 Å². The molecule has 0 fully saturated rings. The number of rotatable bonds is 4. The number of fused-ring (bicyclic) bond motifs is 1. The normalized spacial score (nSPS) is 13.3. The fourth-order valence-corrected chi connectivity index (χ4v) is 3.38. The summed E-state index contributed by atoms with van der Waals surface area (Å²) in [7, 11) is 0. The molecule has 0 bridgehead atoms. The van der Waals surface area contributed by atoms with Crippen molar-refractivity contribution in [2.45, 2.75) is 13.3 Å². The number of aliphatic imine (C=N–C) groups is 1. The predicted molar refractivity (Wildman–Crippen MR) is 119 cm³/mol. The Labute approximate surface area is 183 Å². The Morgan fingerprint density at radius 1 is 1.19 bits per heavy atom. The topological polar surface area (TPSA) is 74.7 Å². The zero-order valence-electron chi connectivity index (χ0n) is 16.6. The summed E-state index contributed by atoms with van der Waals surface area (Å²) in [5, 5.41) is 2.69. The third-order valence-electron chi connectivity index (χ3n) is 4.79. The molecule has 8 heteroatoms. The van der Waals surface area contributed by atoms with Gasteiger partial charge in [0.05, 0.1) is 17.8 Å². The van der Waals surface area contributed by atoms with Crippen molar-refractivity contribution in [1.82, 2.24) is 4.98 Å². The van der Waals surface area contributed by atoms with Crippen LogP contribution in [0, 0.1) is 12.7 Å². The number of aromatic nitrogens is 1. The number of halogens is 2. The minimum atomic E-state index is -0.661. The maximum Gasteiger partial charge on any atom is 0.244 e. The molecule has 0 saturated heterocycles. The highest BCUT2D eigenvalue weighted by molar-refractivity contribution is 6.30. The van der Waals surface area contributed by atoms with Gasteiger partial charge in [0.1, 0.15) is 18.0 Å². The van der Waals surface area contributed by atoms with Crippen LogP contribution in [0.5, 0.6) is 0 Å². The van der Waals surface area contributed by atoms with E-state index in [1.807, 2.05) is 31.2 Å². The highest BCUT2D eigenvalue weighted by atomic mass is 35.5. The summed E-state index contributed by atoms with van der Waals surface area (Å²) < 4.78 is 14.0. The number of amides is 2. The fraction of sp³-hybridized carbons (Fsp3) is 0.130. The van der Waals surface area contributed by atoms with E-state index in [0.717, 1.165) is 17.2 Å². The number of carbonyl (C=O) groups excluding carboxylic acids is 2. The first-order chi connectivity index (χ1) is 14.9. The first-order valence-corrected chi connectivity index (χ1v) is 9.93. The van der Waals surface area contributed by atoms with Crippen molar-refractivity contribution in [3.63, 3.8) is 0 Å². The van der Waals surface area contributed by atoms with Crippen LogP contribution in [0.2, 0.25) is 5.02 Å². The average Bonchev–Trinajstić information content (AvgIpc) is 2.87. The van der Waals surface area contributed by atoms with E-state index in [0.29, 0.717) is 11.4 Å². The zero-order valence-corrected chi connectivity index (χ0v) is 17.4. The lowest BCUT2D eigenvalue weighted by molar-refractivity contribution is -0.120. The van der Waals surface area contributed by atoms with Crippen LogP contribution in [0.4, 0.5) is 21.6 Å². The molecule has 2 heterocycles. The number of nitrogens with one attached hydrogen (secondary N) is 1. The number of benzene rings is 2. The van der Waals surface area contributed by atoms with E-state index in [1.54, 1.807) is 12.1 Å². The number of nitrogens with zero attached hydrogens (tertiary/aromatic N) is 3. The lowest BCUT2D eigenvalue weighted by atomic mass is 10.1. The third kappa shape index (κ3) is 4.62. The molecule has 1 aliphatic heterocycles. The highest BCUT2D eigenvalue weighted by Gasteiger charge is 2.28. The second-order valence-corrected chi connectivity index (χ2v) is 7.54. The fourth-order valence-electron chi connectivity index (χ4n) is 3.23. The van der Waals surface area contributed by atoms with E-state index in [-0.39, 0.29) is 35.4 Å². The highest BCUT2D eigenvalue weighted by Crippen LogP contribution is 2.31. The minimum Gasteiger partial charge on any atom is -0.322 e. The molecule has 0 aliphatic carbocycles. The van der Waals surface area contributed by atoms with E-state index >= 15 is 0 Å². The number of hydrogen-bond acceptors (Lipinski definition) is 4. The van der Waals surface area contributed by atoms with Gasteiger partial charge in [0.15, 0.2) is 5.82 Å². The SMILES string of the molecule is Cc1ccc(C2=Nc3cccnc3N(CC(=O)Nc3ccc(Cl)cc3F)C(=O)C2)cc1. The van der Waals surface area contributed by atoms with E-state index in [2.05, 4.69) is 15.3 Å². The molecular formula is C23H18ClFN4O2. The summed E-state index contributed by atoms with van der Waals surface area (Å²) >= 11 is 5.75. The van der Waals surface area contributed by atoms with Crippen molar-refractivity contribution < 1.29 is 14.0 Å². The molecule has 31 heavy (non-hydrogen) atoms. The van der Waals surface area contributed by atoms with Gasteiger partial charge in [-0.3, -0.25) is 14.5 Å². The summed E-state index contributed by atoms with van der Waals surface area (Å²) in [6.45, 7) is 1.65. The summed E-state index contributed by atoms with van der Waals surface area (Å²) in [6, 6.07) is 15.1. The van der Waals surface area contributed by atoms with Crippen LogP contribution in [0.15, 0.2) is 65.8 Å². The van der Waals surface area contributed by atoms with E-state index < -0.39 is 11.7 Å². The Morgan fingerprint density at radius 3 is 2.71 bits per heavy atom. The molecule has 0 radical (unpaired) electrons. The molecule has 0 saturated carbocycles. The maximum absolute atomic E-state index is 14.0. The number of hydrogen-bond donors (Lipinski definition) is 1. The molecule has 2 amide bonds. The Morgan fingerprint density at radius 2 is 1.97 bits per heavy atom. The van der Waals surface area contributed by atoms with Gasteiger partial charge in [0.2, 0.25) is 11.8 Å². The van der Waals surface area contributed by atoms with E-state index in [1.165, 1.54) is 23.2 Å². The summed E-state index contributed by atoms with van der Waals surface area (Å²) in [5.41, 5.74) is 2.97. The Balaban J connectivity index is 1.60. The van der Waals surface area contributed by atoms with Gasteiger partial charge < -0.3 is 5.32 Å². The number of carbonyl (C=O) groups is 2. The van der Waals surface area contributed by atoms with Gasteiger partial charge in [-0.05, 0) is 42.8 Å². The number of anilines is 2. The van der Waals surface area contributed by atoms with Gasteiger partial charge in [-0.25, -0.2) is 14.4 Å². The van der Waals surface area contributed by atoms with Crippen molar-refractivity contribution in [2.24, 2.45) is 4.99 Å². The monoisotopic (exact) mass is 436 g/mol. The van der Waals surface area contributed by atoms with Crippen LogP contribution in [-0.4, -0.2) is 29.1 Å². The average molecular weight is 437 g/mol. The smallest absolute Gasteiger partial charge is 0.244 e. The number of pyridine rings is 1. The quantitative estimate of drug-likeness (QED) is 0.645. The van der Waals surface area contributed by atoms with Gasteiger partial charge >= 0.3 is 0 Å². The van der Waals surface area contributed by atoms with Crippen molar-refractivity contribution in [2.75, 3.05) is 16.8 Å². The summed E-state index contributed by atoms with van der Waals surface area (Å²) in [5.74, 6) is -1.28.